The van der Waals surface area contributed by atoms with E-state index in [9.17, 15) is 0 Å². The average molecular weight is 231 g/mol. The van der Waals surface area contributed by atoms with Crippen LogP contribution in [0.2, 0.25) is 0 Å². The summed E-state index contributed by atoms with van der Waals surface area (Å²) in [4.78, 5) is 0. The summed E-state index contributed by atoms with van der Waals surface area (Å²) >= 11 is 0. The van der Waals surface area contributed by atoms with Crippen molar-refractivity contribution < 1.29 is 24.6 Å². The van der Waals surface area contributed by atoms with Crippen LogP contribution in [-0.4, -0.2) is 11.2 Å². The van der Waals surface area contributed by atoms with E-state index in [0.717, 1.165) is 0 Å². The van der Waals surface area contributed by atoms with Gasteiger partial charge in [-0.25, -0.2) is 0 Å². The van der Waals surface area contributed by atoms with Crippen LogP contribution in [0.3, 0.4) is 0 Å². The summed E-state index contributed by atoms with van der Waals surface area (Å²) in [5.41, 5.74) is 0. The fourth-order valence-corrected chi connectivity index (χ4v) is 0. The zero-order valence-corrected chi connectivity index (χ0v) is 9.24. The van der Waals surface area contributed by atoms with Gasteiger partial charge in [0.2, 0.25) is 0 Å². The molecule has 2 unspecified atom stereocenters. The third kappa shape index (κ3) is 106. The normalized spacial score (nSPS) is 5.14. The van der Waals surface area contributed by atoms with E-state index in [-0.39, 0.29) is 45.4 Å². The maximum atomic E-state index is 8.06. The Kier molecular flexibility index (Phi) is 53.0. The first-order valence-corrected chi connectivity index (χ1v) is 1.41. The second-order valence-electron chi connectivity index (χ2n) is 1.09. The molecule has 2 atom stereocenters. The van der Waals surface area contributed by atoms with Crippen LogP contribution in [0.25, 0.3) is 0 Å². The molecule has 0 aliphatic heterocycles. The molecule has 51 valence electrons. The molecule has 1 radical (unpaired) electrons. The standard InChI is InChI=1S/C3H8O.2H3P.Rh/c1-3(2)4;;;/h3-4H,1-2H3;2*1H3;. The van der Waals surface area contributed by atoms with Crippen LogP contribution in [0.1, 0.15) is 13.8 Å². The van der Waals surface area contributed by atoms with E-state index in [4.69, 9.17) is 5.11 Å². The van der Waals surface area contributed by atoms with E-state index >= 15 is 0 Å². The molecule has 1 nitrogen and oxygen atoms in total. The van der Waals surface area contributed by atoms with Crippen LogP contribution < -0.4 is 0 Å². The molecule has 0 spiro atoms. The Labute approximate surface area is 64.6 Å². The van der Waals surface area contributed by atoms with Gasteiger partial charge in [0.1, 0.15) is 0 Å². The molecular weight excluding hydrogens is 217 g/mol. The fourth-order valence-electron chi connectivity index (χ4n) is 0. The number of aliphatic hydroxyl groups excluding tert-OH is 1. The van der Waals surface area contributed by atoms with E-state index in [0.29, 0.717) is 0 Å². The monoisotopic (exact) mass is 231 g/mol. The molecule has 0 aromatic heterocycles. The second-order valence-corrected chi connectivity index (χ2v) is 1.09. The second kappa shape index (κ2) is 15.7. The summed E-state index contributed by atoms with van der Waals surface area (Å²) in [6, 6.07) is 0. The number of hydrogen-bond acceptors (Lipinski definition) is 1. The van der Waals surface area contributed by atoms with Crippen molar-refractivity contribution in [2.75, 3.05) is 0 Å². The van der Waals surface area contributed by atoms with E-state index in [2.05, 4.69) is 0 Å². The van der Waals surface area contributed by atoms with Crippen molar-refractivity contribution in [1.82, 2.24) is 0 Å². The number of aliphatic hydroxyl groups is 1. The Hall–Kier alpha value is 1.44. The summed E-state index contributed by atoms with van der Waals surface area (Å²) in [5, 5.41) is 8.06. The third-order valence-corrected chi connectivity index (χ3v) is 0. The van der Waals surface area contributed by atoms with Crippen molar-refractivity contribution in [3.63, 3.8) is 0 Å². The van der Waals surface area contributed by atoms with Gasteiger partial charge >= 0.3 is 0 Å². The molecule has 0 saturated heterocycles. The molecule has 0 aliphatic rings. The maximum absolute atomic E-state index is 8.06. The van der Waals surface area contributed by atoms with Crippen molar-refractivity contribution >= 4 is 19.8 Å². The zero-order chi connectivity index (χ0) is 3.58. The molecule has 4 heteroatoms. The summed E-state index contributed by atoms with van der Waals surface area (Å²) in [5.74, 6) is 0. The van der Waals surface area contributed by atoms with Crippen LogP contribution in [0.5, 0.6) is 0 Å². The van der Waals surface area contributed by atoms with Gasteiger partial charge in [-0.15, -0.1) is 0 Å². The minimum Gasteiger partial charge on any atom is -0.394 e. The predicted octanol–water partition coefficient (Wildman–Crippen LogP) is 0.501. The topological polar surface area (TPSA) is 20.2 Å². The minimum absolute atomic E-state index is 0. The van der Waals surface area contributed by atoms with Crippen molar-refractivity contribution in [3.8, 4) is 0 Å². The van der Waals surface area contributed by atoms with Gasteiger partial charge in [0.05, 0.1) is 0 Å². The zero-order valence-electron chi connectivity index (χ0n) is 4.77. The molecule has 0 rings (SSSR count). The van der Waals surface area contributed by atoms with Gasteiger partial charge < -0.3 is 5.11 Å². The van der Waals surface area contributed by atoms with E-state index < -0.39 is 0 Å². The fraction of sp³-hybridized carbons (Fsp3) is 1.00. The van der Waals surface area contributed by atoms with Gasteiger partial charge in [0.15, 0.2) is 0 Å². The number of rotatable bonds is 0. The van der Waals surface area contributed by atoms with Crippen LogP contribution in [0.4, 0.5) is 0 Å². The molecule has 0 amide bonds. The molecule has 0 aromatic carbocycles. The Bertz CT molecular complexity index is 17.7. The molecule has 0 bridgehead atoms. The third-order valence-electron chi connectivity index (χ3n) is 0. The van der Waals surface area contributed by atoms with Crippen LogP contribution in [0, 0.1) is 0 Å². The summed E-state index contributed by atoms with van der Waals surface area (Å²) in [6.45, 7) is 3.44. The van der Waals surface area contributed by atoms with Gasteiger partial charge in [-0.3, -0.25) is 0 Å². The first kappa shape index (κ1) is 23.7. The molecule has 0 fully saturated rings. The molecule has 0 aromatic rings. The van der Waals surface area contributed by atoms with E-state index in [1.54, 1.807) is 13.8 Å². The van der Waals surface area contributed by atoms with Crippen LogP contribution in [0.15, 0.2) is 0 Å². The SMILES string of the molecule is CC(C)O.P.P.[Rh]. The molecule has 0 heterocycles. The smallest absolute Gasteiger partial charge is 0.0483 e. The molecule has 7 heavy (non-hydrogen) atoms. The molecule has 1 N–H and O–H groups in total. The summed E-state index contributed by atoms with van der Waals surface area (Å²) in [7, 11) is 0. The van der Waals surface area contributed by atoms with Gasteiger partial charge in [-0.2, -0.15) is 19.8 Å². The van der Waals surface area contributed by atoms with Crippen molar-refractivity contribution in [2.24, 2.45) is 0 Å². The Balaban J connectivity index is -0.0000000150. The van der Waals surface area contributed by atoms with Crippen molar-refractivity contribution in [2.45, 2.75) is 20.0 Å². The Morgan fingerprint density at radius 2 is 1.14 bits per heavy atom. The first-order chi connectivity index (χ1) is 1.73. The summed E-state index contributed by atoms with van der Waals surface area (Å²) in [6.07, 6.45) is -0.167. The molecular formula is C3H14OP2Rh. The van der Waals surface area contributed by atoms with Crippen LogP contribution in [-0.2, 0) is 19.5 Å². The van der Waals surface area contributed by atoms with Gasteiger partial charge in [0.25, 0.3) is 0 Å². The van der Waals surface area contributed by atoms with E-state index in [1.807, 2.05) is 0 Å². The van der Waals surface area contributed by atoms with Gasteiger partial charge in [-0.05, 0) is 13.8 Å². The number of hydrogen-bond donors (Lipinski definition) is 1. The van der Waals surface area contributed by atoms with Gasteiger partial charge in [0, 0.05) is 25.6 Å². The molecule has 0 aliphatic carbocycles. The first-order valence-electron chi connectivity index (χ1n) is 1.41. The quantitative estimate of drug-likeness (QED) is 0.475. The Morgan fingerprint density at radius 1 is 1.14 bits per heavy atom. The van der Waals surface area contributed by atoms with Crippen LogP contribution >= 0.6 is 19.8 Å². The predicted molar refractivity (Wildman–Crippen MR) is 39.6 cm³/mol. The summed E-state index contributed by atoms with van der Waals surface area (Å²) < 4.78 is 0. The maximum Gasteiger partial charge on any atom is 0.0483 e. The average Bonchev–Trinajstić information content (AvgIpc) is 0.811. The van der Waals surface area contributed by atoms with Crippen molar-refractivity contribution in [3.05, 3.63) is 0 Å². The van der Waals surface area contributed by atoms with Crippen molar-refractivity contribution in [1.29, 1.82) is 0 Å². The van der Waals surface area contributed by atoms with Gasteiger partial charge in [-0.1, -0.05) is 0 Å². The van der Waals surface area contributed by atoms with E-state index in [1.165, 1.54) is 0 Å². The minimum atomic E-state index is -0.167. The Morgan fingerprint density at radius 3 is 1.14 bits per heavy atom. The molecule has 0 saturated carbocycles. The largest absolute Gasteiger partial charge is 0.394 e.